The highest BCUT2D eigenvalue weighted by Crippen LogP contribution is 2.38. The Kier molecular flexibility index (Phi) is 5.55. The molecule has 166 valence electrons. The minimum Gasteiger partial charge on any atom is -0.384 e. The monoisotopic (exact) mass is 433 g/mol. The van der Waals surface area contributed by atoms with Crippen molar-refractivity contribution >= 4 is 17.9 Å². The Balaban J connectivity index is 1.95. The van der Waals surface area contributed by atoms with Crippen molar-refractivity contribution in [3.05, 3.63) is 51.5 Å². The fourth-order valence-electron chi connectivity index (χ4n) is 4.18. The van der Waals surface area contributed by atoms with Crippen molar-refractivity contribution in [3.63, 3.8) is 0 Å². The largest absolute Gasteiger partial charge is 0.416 e. The Morgan fingerprint density at radius 3 is 2.55 bits per heavy atom. The minimum atomic E-state index is -4.55. The van der Waals surface area contributed by atoms with E-state index in [1.54, 1.807) is 6.92 Å². The van der Waals surface area contributed by atoms with Gasteiger partial charge in [-0.1, -0.05) is 6.92 Å². The van der Waals surface area contributed by atoms with E-state index in [1.165, 1.54) is 5.56 Å². The number of rotatable bonds is 1. The number of hydrogen-bond acceptors (Lipinski definition) is 5. The second-order valence-electron chi connectivity index (χ2n) is 7.83. The number of fused-ring (bicyclic) bond motifs is 1. The second kappa shape index (κ2) is 8.03. The first-order valence-electron chi connectivity index (χ1n) is 10.3. The quantitative estimate of drug-likeness (QED) is 0.738. The standard InChI is InChI=1S/C22H26F3N5O/c1-4-15-9-18-21(29-5-7-31-8-6-29)28-20(13(2)12-30(18)14(15)3)16-11-27-19(26)10-17(16)22(23,24)25/h9-10,12H,4-8,11H2,1-3H3,(H2,26,27). The van der Waals surface area contributed by atoms with Crippen LogP contribution in [0.15, 0.2) is 44.5 Å². The summed E-state index contributed by atoms with van der Waals surface area (Å²) in [5.74, 6) is 0.532. The molecule has 0 aliphatic carbocycles. The molecule has 1 aromatic heterocycles. The number of nitrogens with two attached hydrogens (primary N) is 1. The molecule has 0 aromatic carbocycles. The van der Waals surface area contributed by atoms with Crippen molar-refractivity contribution in [2.75, 3.05) is 32.8 Å². The van der Waals surface area contributed by atoms with Crippen molar-refractivity contribution < 1.29 is 17.9 Å². The van der Waals surface area contributed by atoms with Gasteiger partial charge in [-0.15, -0.1) is 0 Å². The summed E-state index contributed by atoms with van der Waals surface area (Å²) < 4.78 is 49.1. The minimum absolute atomic E-state index is 0.0420. The molecular formula is C22H26F3N5O. The summed E-state index contributed by atoms with van der Waals surface area (Å²) in [5.41, 5.74) is 8.91. The topological polar surface area (TPSA) is 68.1 Å². The smallest absolute Gasteiger partial charge is 0.384 e. The summed E-state index contributed by atoms with van der Waals surface area (Å²) >= 11 is 0. The number of nitrogens with zero attached hydrogens (tertiary/aromatic N) is 4. The first kappa shape index (κ1) is 21.4. The lowest BCUT2D eigenvalue weighted by molar-refractivity contribution is -0.0895. The number of ether oxygens (including phenoxy) is 1. The van der Waals surface area contributed by atoms with E-state index < -0.39 is 11.7 Å². The van der Waals surface area contributed by atoms with Gasteiger partial charge in [-0.25, -0.2) is 4.99 Å². The summed E-state index contributed by atoms with van der Waals surface area (Å²) in [4.78, 5) is 11.0. The lowest BCUT2D eigenvalue weighted by Crippen LogP contribution is -2.41. The third-order valence-electron chi connectivity index (χ3n) is 5.86. The molecule has 31 heavy (non-hydrogen) atoms. The van der Waals surface area contributed by atoms with Crippen LogP contribution in [-0.2, 0) is 11.2 Å². The van der Waals surface area contributed by atoms with E-state index in [-0.39, 0.29) is 18.0 Å². The highest BCUT2D eigenvalue weighted by Gasteiger charge is 2.39. The van der Waals surface area contributed by atoms with E-state index in [9.17, 15) is 13.2 Å². The van der Waals surface area contributed by atoms with Gasteiger partial charge in [0.05, 0.1) is 36.7 Å². The number of aryl methyl sites for hydroxylation is 1. The van der Waals surface area contributed by atoms with Crippen LogP contribution in [0.5, 0.6) is 0 Å². The van der Waals surface area contributed by atoms with Gasteiger partial charge in [-0.3, -0.25) is 4.99 Å². The number of aromatic nitrogens is 1. The van der Waals surface area contributed by atoms with E-state index in [1.807, 2.05) is 17.7 Å². The molecule has 0 amide bonds. The van der Waals surface area contributed by atoms with Gasteiger partial charge in [0, 0.05) is 30.6 Å². The Bertz CT molecular complexity index is 1050. The Hall–Kier alpha value is -2.81. The zero-order valence-corrected chi connectivity index (χ0v) is 17.9. The Morgan fingerprint density at radius 2 is 1.90 bits per heavy atom. The Morgan fingerprint density at radius 1 is 1.19 bits per heavy atom. The highest BCUT2D eigenvalue weighted by atomic mass is 19.4. The maximum Gasteiger partial charge on any atom is 0.416 e. The maximum atomic E-state index is 13.9. The zero-order chi connectivity index (χ0) is 22.3. The van der Waals surface area contributed by atoms with Crippen LogP contribution in [0.2, 0.25) is 0 Å². The molecule has 0 atom stereocenters. The van der Waals surface area contributed by atoms with Crippen LogP contribution in [0.4, 0.5) is 13.2 Å². The zero-order valence-electron chi connectivity index (χ0n) is 17.9. The molecule has 2 N–H and O–H groups in total. The number of alkyl halides is 3. The highest BCUT2D eigenvalue weighted by molar-refractivity contribution is 6.01. The fraction of sp³-hybridized carbons (Fsp3) is 0.455. The molecule has 1 saturated heterocycles. The van der Waals surface area contributed by atoms with Gasteiger partial charge in [0.2, 0.25) is 0 Å². The summed E-state index contributed by atoms with van der Waals surface area (Å²) in [6, 6.07) is 2.08. The molecule has 9 heteroatoms. The summed E-state index contributed by atoms with van der Waals surface area (Å²) in [6.45, 7) is 8.08. The Labute approximate surface area is 179 Å². The van der Waals surface area contributed by atoms with Crippen LogP contribution in [0.3, 0.4) is 0 Å². The number of aliphatic imine (C=N–C) groups is 2. The van der Waals surface area contributed by atoms with E-state index >= 15 is 0 Å². The summed E-state index contributed by atoms with van der Waals surface area (Å²) in [7, 11) is 0. The van der Waals surface area contributed by atoms with Gasteiger partial charge >= 0.3 is 6.18 Å². The number of morpholine rings is 1. The van der Waals surface area contributed by atoms with Gasteiger partial charge in [-0.2, -0.15) is 13.2 Å². The molecule has 0 spiro atoms. The lowest BCUT2D eigenvalue weighted by atomic mass is 9.97. The molecule has 1 fully saturated rings. The first-order chi connectivity index (χ1) is 14.7. The molecule has 0 bridgehead atoms. The molecule has 0 radical (unpaired) electrons. The van der Waals surface area contributed by atoms with E-state index in [2.05, 4.69) is 22.9 Å². The van der Waals surface area contributed by atoms with E-state index in [0.717, 1.165) is 23.9 Å². The predicted octanol–water partition coefficient (Wildman–Crippen LogP) is 3.43. The molecule has 4 rings (SSSR count). The summed E-state index contributed by atoms with van der Waals surface area (Å²) in [5, 5.41) is 0. The first-order valence-corrected chi connectivity index (χ1v) is 10.3. The number of amidine groups is 2. The average Bonchev–Trinajstić information content (AvgIpc) is 2.96. The molecule has 3 aliphatic heterocycles. The van der Waals surface area contributed by atoms with E-state index in [4.69, 9.17) is 15.5 Å². The lowest BCUT2D eigenvalue weighted by Gasteiger charge is -2.30. The van der Waals surface area contributed by atoms with Crippen LogP contribution >= 0.6 is 0 Å². The van der Waals surface area contributed by atoms with Crippen LogP contribution < -0.4 is 5.73 Å². The summed E-state index contributed by atoms with van der Waals surface area (Å²) in [6.07, 6.45) is -0.920. The van der Waals surface area contributed by atoms with Crippen LogP contribution in [0.1, 0.15) is 30.8 Å². The third kappa shape index (κ3) is 3.94. The van der Waals surface area contributed by atoms with Crippen molar-refractivity contribution in [3.8, 4) is 0 Å². The van der Waals surface area contributed by atoms with Crippen molar-refractivity contribution in [1.82, 2.24) is 9.47 Å². The average molecular weight is 433 g/mol. The van der Waals surface area contributed by atoms with Gasteiger partial charge in [-0.05, 0) is 43.5 Å². The predicted molar refractivity (Wildman–Crippen MR) is 115 cm³/mol. The number of halogens is 3. The van der Waals surface area contributed by atoms with Gasteiger partial charge in [0.25, 0.3) is 0 Å². The van der Waals surface area contributed by atoms with Gasteiger partial charge < -0.3 is 19.9 Å². The number of hydrogen-bond donors (Lipinski definition) is 1. The van der Waals surface area contributed by atoms with Crippen LogP contribution in [0, 0.1) is 6.92 Å². The SMILES string of the molecule is CCc1cc2n(c1C)C=C(C)C(=C1CN=C(N)C=C1C(F)(F)F)N=C2N1CCOCC1. The molecule has 0 unspecified atom stereocenters. The fourth-order valence-corrected chi connectivity index (χ4v) is 4.18. The molecule has 0 saturated carbocycles. The molecule has 4 heterocycles. The molecular weight excluding hydrogens is 407 g/mol. The molecule has 1 aromatic rings. The second-order valence-corrected chi connectivity index (χ2v) is 7.83. The van der Waals surface area contributed by atoms with Gasteiger partial charge in [0.15, 0.2) is 5.84 Å². The van der Waals surface area contributed by atoms with Crippen LogP contribution in [-0.4, -0.2) is 60.2 Å². The van der Waals surface area contributed by atoms with E-state index in [0.29, 0.717) is 43.4 Å². The van der Waals surface area contributed by atoms with Crippen molar-refractivity contribution in [1.29, 1.82) is 0 Å². The number of dihydropyridines is 1. The number of allylic oxidation sites excluding steroid dienone is 1. The maximum absolute atomic E-state index is 13.9. The van der Waals surface area contributed by atoms with Crippen molar-refractivity contribution in [2.24, 2.45) is 15.7 Å². The van der Waals surface area contributed by atoms with Crippen molar-refractivity contribution in [2.45, 2.75) is 33.4 Å². The third-order valence-corrected chi connectivity index (χ3v) is 5.86. The molecule has 3 aliphatic rings. The molecule has 6 nitrogen and oxygen atoms in total. The normalized spacial score (nSPS) is 22.3. The van der Waals surface area contributed by atoms with Crippen LogP contribution in [0.25, 0.3) is 6.20 Å². The van der Waals surface area contributed by atoms with Gasteiger partial charge in [0.1, 0.15) is 5.84 Å².